The molecule has 158 valence electrons. The van der Waals surface area contributed by atoms with Gasteiger partial charge in [-0.15, -0.1) is 0 Å². The van der Waals surface area contributed by atoms with E-state index in [9.17, 15) is 14.9 Å². The molecule has 1 aromatic heterocycles. The summed E-state index contributed by atoms with van der Waals surface area (Å²) < 4.78 is 10.8. The molecule has 2 N–H and O–H groups in total. The van der Waals surface area contributed by atoms with Crippen molar-refractivity contribution in [2.45, 2.75) is 13.8 Å². The number of aryl methyl sites for hydroxylation is 1. The van der Waals surface area contributed by atoms with Crippen molar-refractivity contribution in [2.75, 3.05) is 20.3 Å². The van der Waals surface area contributed by atoms with E-state index in [1.54, 1.807) is 18.2 Å². The summed E-state index contributed by atoms with van der Waals surface area (Å²) in [6, 6.07) is 14.5. The fourth-order valence-corrected chi connectivity index (χ4v) is 3.30. The Balaban J connectivity index is 1.90. The molecule has 2 aromatic carbocycles. The molecule has 1 heterocycles. The van der Waals surface area contributed by atoms with Crippen LogP contribution in [0.3, 0.4) is 0 Å². The molecule has 0 bridgehead atoms. The van der Waals surface area contributed by atoms with Crippen LogP contribution in [0.25, 0.3) is 17.0 Å². The topological polar surface area (TPSA) is 104 Å². The maximum Gasteiger partial charge on any atom is 0.257 e. The van der Waals surface area contributed by atoms with E-state index in [2.05, 4.69) is 10.3 Å². The number of nitrogens with one attached hydrogen (secondary N) is 2. The monoisotopic (exact) mass is 417 g/mol. The highest BCUT2D eigenvalue weighted by Crippen LogP contribution is 2.30. The van der Waals surface area contributed by atoms with Crippen LogP contribution in [0, 0.1) is 18.3 Å². The van der Waals surface area contributed by atoms with Crippen LogP contribution in [0.1, 0.15) is 28.5 Å². The molecule has 0 aliphatic rings. The van der Waals surface area contributed by atoms with Gasteiger partial charge in [0.15, 0.2) is 18.1 Å². The molecule has 31 heavy (non-hydrogen) atoms. The zero-order valence-electron chi connectivity index (χ0n) is 17.6. The number of amides is 1. The fourth-order valence-electron chi connectivity index (χ4n) is 3.30. The van der Waals surface area contributed by atoms with Crippen molar-refractivity contribution in [1.82, 2.24) is 10.3 Å². The van der Waals surface area contributed by atoms with Crippen LogP contribution in [0.15, 0.2) is 48.0 Å². The van der Waals surface area contributed by atoms with Crippen LogP contribution in [-0.2, 0) is 4.79 Å². The van der Waals surface area contributed by atoms with Crippen LogP contribution in [0.5, 0.6) is 11.5 Å². The Labute approximate surface area is 180 Å². The van der Waals surface area contributed by atoms with E-state index < -0.39 is 0 Å². The minimum absolute atomic E-state index is 0.00546. The number of allylic oxidation sites excluding steroid dienone is 1. The number of para-hydroxylation sites is 1. The number of nitriles is 1. The number of benzene rings is 2. The summed E-state index contributed by atoms with van der Waals surface area (Å²) in [5, 5.41) is 13.1. The lowest BCUT2D eigenvalue weighted by molar-refractivity contribution is -0.123. The van der Waals surface area contributed by atoms with Crippen molar-refractivity contribution < 1.29 is 19.1 Å². The number of hydrogen-bond acceptors (Lipinski definition) is 5. The Hall–Kier alpha value is -4.05. The number of carbonyl (C=O) groups excluding carboxylic acids is 2. The molecule has 0 spiro atoms. The predicted octanol–water partition coefficient (Wildman–Crippen LogP) is 3.79. The third-order valence-electron chi connectivity index (χ3n) is 4.72. The third-order valence-corrected chi connectivity index (χ3v) is 4.72. The number of ketones is 1. The molecule has 3 rings (SSSR count). The minimum atomic E-state index is -0.354. The number of ether oxygens (including phenoxy) is 2. The predicted molar refractivity (Wildman–Crippen MR) is 118 cm³/mol. The lowest BCUT2D eigenvalue weighted by atomic mass is 9.99. The van der Waals surface area contributed by atoms with Crippen LogP contribution in [0.2, 0.25) is 0 Å². The second-order valence-electron chi connectivity index (χ2n) is 6.82. The van der Waals surface area contributed by atoms with Gasteiger partial charge in [0.1, 0.15) is 11.6 Å². The Bertz CT molecular complexity index is 1200. The highest BCUT2D eigenvalue weighted by molar-refractivity contribution is 6.20. The maximum atomic E-state index is 13.1. The average molecular weight is 417 g/mol. The highest BCUT2D eigenvalue weighted by atomic mass is 16.5. The van der Waals surface area contributed by atoms with Crippen molar-refractivity contribution >= 4 is 28.7 Å². The molecule has 1 amide bonds. The summed E-state index contributed by atoms with van der Waals surface area (Å²) in [5.74, 6) is 0.197. The van der Waals surface area contributed by atoms with Gasteiger partial charge in [0, 0.05) is 23.1 Å². The summed E-state index contributed by atoms with van der Waals surface area (Å²) in [5.41, 5.74) is 2.64. The summed E-state index contributed by atoms with van der Waals surface area (Å²) in [4.78, 5) is 27.9. The molecule has 0 unspecified atom stereocenters. The molecule has 7 heteroatoms. The van der Waals surface area contributed by atoms with Crippen molar-refractivity contribution in [3.8, 4) is 17.6 Å². The highest BCUT2D eigenvalue weighted by Gasteiger charge is 2.20. The van der Waals surface area contributed by atoms with E-state index >= 15 is 0 Å². The third kappa shape index (κ3) is 4.75. The van der Waals surface area contributed by atoms with Gasteiger partial charge in [-0.25, -0.2) is 0 Å². The van der Waals surface area contributed by atoms with Crippen molar-refractivity contribution in [3.63, 3.8) is 0 Å². The number of methoxy groups -OCH3 is 1. The first-order chi connectivity index (χ1) is 15.0. The number of aromatic nitrogens is 1. The number of H-pyrrole nitrogens is 1. The van der Waals surface area contributed by atoms with Crippen molar-refractivity contribution in [1.29, 1.82) is 5.26 Å². The second kappa shape index (κ2) is 9.63. The first-order valence-corrected chi connectivity index (χ1v) is 9.79. The smallest absolute Gasteiger partial charge is 0.257 e. The second-order valence-corrected chi connectivity index (χ2v) is 6.82. The summed E-state index contributed by atoms with van der Waals surface area (Å²) in [6.07, 6.45) is 1.51. The minimum Gasteiger partial charge on any atom is -0.493 e. The number of aromatic amines is 1. The Morgan fingerprint density at radius 2 is 1.97 bits per heavy atom. The first kappa shape index (κ1) is 21.7. The van der Waals surface area contributed by atoms with E-state index in [4.69, 9.17) is 9.47 Å². The number of Topliss-reactive ketones (excluding diaryl/α,β-unsaturated/α-hetero) is 1. The van der Waals surface area contributed by atoms with Crippen LogP contribution < -0.4 is 14.8 Å². The van der Waals surface area contributed by atoms with E-state index in [0.717, 1.165) is 10.9 Å². The van der Waals surface area contributed by atoms with Gasteiger partial charge >= 0.3 is 0 Å². The zero-order chi connectivity index (χ0) is 22.4. The standard InChI is InChI=1S/C24H23N3O4/c1-4-26-22(28)14-31-20-10-9-16(12-21(20)30-3)11-17(13-25)24(29)23-15(2)27-19-8-6-5-7-18(19)23/h5-12,27H,4,14H2,1-3H3,(H,26,28). The van der Waals surface area contributed by atoms with E-state index in [-0.39, 0.29) is 23.9 Å². The van der Waals surface area contributed by atoms with Crippen LogP contribution in [0.4, 0.5) is 0 Å². The molecule has 3 aromatic rings. The Morgan fingerprint density at radius 3 is 2.68 bits per heavy atom. The zero-order valence-corrected chi connectivity index (χ0v) is 17.6. The molecule has 0 saturated heterocycles. The van der Waals surface area contributed by atoms with Gasteiger partial charge in [0.05, 0.1) is 12.7 Å². The summed E-state index contributed by atoms with van der Waals surface area (Å²) in [6.45, 7) is 4.02. The molecule has 0 saturated carbocycles. The molecular weight excluding hydrogens is 394 g/mol. The van der Waals surface area contributed by atoms with Crippen molar-refractivity contribution in [2.24, 2.45) is 0 Å². The SMILES string of the molecule is CCNC(=O)COc1ccc(C=C(C#N)C(=O)c2c(C)[nH]c3ccccc23)cc1OC. The van der Waals surface area contributed by atoms with Gasteiger partial charge in [-0.3, -0.25) is 9.59 Å². The van der Waals surface area contributed by atoms with Crippen molar-refractivity contribution in [3.05, 3.63) is 64.9 Å². The average Bonchev–Trinajstić information content (AvgIpc) is 3.11. The van der Waals surface area contributed by atoms with E-state index in [1.165, 1.54) is 13.2 Å². The van der Waals surface area contributed by atoms with Gasteiger partial charge in [-0.2, -0.15) is 5.26 Å². The van der Waals surface area contributed by atoms with Gasteiger partial charge in [-0.1, -0.05) is 24.3 Å². The number of carbonyl (C=O) groups is 2. The summed E-state index contributed by atoms with van der Waals surface area (Å²) in [7, 11) is 1.48. The fraction of sp³-hybridized carbons (Fsp3) is 0.208. The molecule has 0 aliphatic carbocycles. The van der Waals surface area contributed by atoms with Crippen LogP contribution in [-0.4, -0.2) is 36.9 Å². The normalized spacial score (nSPS) is 11.1. The number of likely N-dealkylation sites (N-methyl/N-ethyl adjacent to an activating group) is 1. The number of rotatable bonds is 8. The van der Waals surface area contributed by atoms with Gasteiger partial charge in [-0.05, 0) is 43.7 Å². The number of nitrogens with zero attached hydrogens (tertiary/aromatic N) is 1. The van der Waals surface area contributed by atoms with Crippen LogP contribution >= 0.6 is 0 Å². The summed E-state index contributed by atoms with van der Waals surface area (Å²) >= 11 is 0. The largest absolute Gasteiger partial charge is 0.493 e. The molecule has 7 nitrogen and oxygen atoms in total. The van der Waals surface area contributed by atoms with E-state index in [0.29, 0.717) is 34.9 Å². The van der Waals surface area contributed by atoms with Gasteiger partial charge in [0.25, 0.3) is 5.91 Å². The molecule has 0 atom stereocenters. The Morgan fingerprint density at radius 1 is 1.19 bits per heavy atom. The number of hydrogen-bond donors (Lipinski definition) is 2. The maximum absolute atomic E-state index is 13.1. The quantitative estimate of drug-likeness (QED) is 0.330. The molecule has 0 radical (unpaired) electrons. The molecule has 0 aliphatic heterocycles. The van der Waals surface area contributed by atoms with Gasteiger partial charge < -0.3 is 19.8 Å². The molecular formula is C24H23N3O4. The van der Waals surface area contributed by atoms with Gasteiger partial charge in [0.2, 0.25) is 5.78 Å². The molecule has 0 fully saturated rings. The lowest BCUT2D eigenvalue weighted by Crippen LogP contribution is -2.28. The van der Waals surface area contributed by atoms with E-state index in [1.807, 2.05) is 44.2 Å². The Kier molecular flexibility index (Phi) is 6.73. The first-order valence-electron chi connectivity index (χ1n) is 9.79. The lowest BCUT2D eigenvalue weighted by Gasteiger charge is -2.11. The number of fused-ring (bicyclic) bond motifs is 1.